The van der Waals surface area contributed by atoms with E-state index in [1.165, 1.54) is 6.07 Å². The van der Waals surface area contributed by atoms with E-state index in [0.29, 0.717) is 0 Å². The van der Waals surface area contributed by atoms with Crippen LogP contribution in [0.15, 0.2) is 144 Å². The summed E-state index contributed by atoms with van der Waals surface area (Å²) >= 11 is 3.13. The van der Waals surface area contributed by atoms with Crippen LogP contribution in [-0.2, 0) is 56.3 Å². The largest absolute Gasteiger partial charge is 0.417 e. The van der Waals surface area contributed by atoms with Gasteiger partial charge in [-0.3, -0.25) is 4.79 Å². The second-order valence-corrected chi connectivity index (χ2v) is 13.3. The van der Waals surface area contributed by atoms with Gasteiger partial charge in [0.15, 0.2) is 5.78 Å². The molecule has 0 aromatic heterocycles. The van der Waals surface area contributed by atoms with E-state index in [-0.39, 0.29) is 37.5 Å². The predicted molar refractivity (Wildman–Crippen MR) is 193 cm³/mol. The van der Waals surface area contributed by atoms with Crippen LogP contribution in [0.25, 0.3) is 0 Å². The van der Waals surface area contributed by atoms with Gasteiger partial charge in [-0.25, -0.2) is 0 Å². The van der Waals surface area contributed by atoms with Crippen LogP contribution in [0.4, 0.5) is 13.2 Å². The van der Waals surface area contributed by atoms with Crippen molar-refractivity contribution in [1.82, 2.24) is 0 Å². The van der Waals surface area contributed by atoms with Crippen molar-refractivity contribution in [2.75, 3.05) is 6.61 Å². The van der Waals surface area contributed by atoms with Gasteiger partial charge in [-0.05, 0) is 40.5 Å². The third kappa shape index (κ3) is 10.0. The fourth-order valence-corrected chi connectivity index (χ4v) is 6.48. The van der Waals surface area contributed by atoms with Gasteiger partial charge in [0.1, 0.15) is 30.5 Å². The van der Waals surface area contributed by atoms with E-state index in [4.69, 9.17) is 23.7 Å². The first-order valence-corrected chi connectivity index (χ1v) is 17.7. The summed E-state index contributed by atoms with van der Waals surface area (Å²) in [5.74, 6) is -0.888. The Balaban J connectivity index is 1.40. The second-order valence-electron chi connectivity index (χ2n) is 12.4. The summed E-state index contributed by atoms with van der Waals surface area (Å²) < 4.78 is 75.9. The average Bonchev–Trinajstić information content (AvgIpc) is 3.16. The third-order valence-electron chi connectivity index (χ3n) is 8.69. The van der Waals surface area contributed by atoms with Crippen LogP contribution < -0.4 is 0 Å². The Morgan fingerprint density at radius 3 is 1.52 bits per heavy atom. The van der Waals surface area contributed by atoms with Crippen molar-refractivity contribution in [3.8, 4) is 0 Å². The van der Waals surface area contributed by atoms with Gasteiger partial charge in [-0.1, -0.05) is 137 Å². The zero-order valence-corrected chi connectivity index (χ0v) is 29.7. The number of hydrogen-bond donors (Lipinski definition) is 0. The molecule has 1 fully saturated rings. The Morgan fingerprint density at radius 2 is 1.04 bits per heavy atom. The molecule has 5 aromatic rings. The number of Topliss-reactive ketones (excluding diaryl/α,β-unsaturated/α-hetero) is 1. The van der Waals surface area contributed by atoms with Crippen LogP contribution in [0.3, 0.4) is 0 Å². The zero-order chi connectivity index (χ0) is 36.3. The normalized spacial score (nSPS) is 20.4. The van der Waals surface area contributed by atoms with Crippen LogP contribution in [-0.4, -0.2) is 42.9 Å². The van der Waals surface area contributed by atoms with Crippen LogP contribution >= 0.6 is 15.9 Å². The van der Waals surface area contributed by atoms with Gasteiger partial charge in [0.25, 0.3) is 0 Å². The SMILES string of the molecule is O=C(c1ccc(Br)cc1C(F)(F)F)[C@H]1O[C@H](COCc2ccccc2)[C@@H](OCc2ccccc2)[C@H](OCc2ccccc2)[C@@H]1OCc1ccccc1. The van der Waals surface area contributed by atoms with Crippen LogP contribution in [0, 0.1) is 0 Å². The van der Waals surface area contributed by atoms with E-state index >= 15 is 0 Å². The molecule has 1 aliphatic rings. The Bertz CT molecular complexity index is 1840. The Labute approximate surface area is 309 Å². The van der Waals surface area contributed by atoms with Crippen molar-refractivity contribution in [1.29, 1.82) is 0 Å². The highest BCUT2D eigenvalue weighted by molar-refractivity contribution is 9.10. The summed E-state index contributed by atoms with van der Waals surface area (Å²) in [5.41, 5.74) is 1.83. The molecule has 10 heteroatoms. The van der Waals surface area contributed by atoms with Gasteiger partial charge in [0.05, 0.1) is 38.6 Å². The first-order valence-electron chi connectivity index (χ1n) is 16.9. The van der Waals surface area contributed by atoms with Gasteiger partial charge in [-0.2, -0.15) is 13.2 Å². The van der Waals surface area contributed by atoms with Crippen molar-refractivity contribution < 1.29 is 41.7 Å². The summed E-state index contributed by atoms with van der Waals surface area (Å²) in [4.78, 5) is 14.5. The first-order chi connectivity index (χ1) is 25.3. The quantitative estimate of drug-likeness (QED) is 0.0989. The highest BCUT2D eigenvalue weighted by Crippen LogP contribution is 2.38. The Kier molecular flexibility index (Phi) is 13.1. The minimum absolute atomic E-state index is 0.0386. The molecule has 0 bridgehead atoms. The third-order valence-corrected chi connectivity index (χ3v) is 9.19. The van der Waals surface area contributed by atoms with Gasteiger partial charge in [0, 0.05) is 10.0 Å². The first kappa shape index (κ1) is 37.6. The van der Waals surface area contributed by atoms with Gasteiger partial charge >= 0.3 is 6.18 Å². The molecule has 0 radical (unpaired) electrons. The van der Waals surface area contributed by atoms with Gasteiger partial charge < -0.3 is 23.7 Å². The van der Waals surface area contributed by atoms with Crippen LogP contribution in [0.2, 0.25) is 0 Å². The van der Waals surface area contributed by atoms with E-state index in [0.717, 1.165) is 34.4 Å². The van der Waals surface area contributed by atoms with E-state index in [1.54, 1.807) is 0 Å². The lowest BCUT2D eigenvalue weighted by molar-refractivity contribution is -0.262. The van der Waals surface area contributed by atoms with E-state index < -0.39 is 53.6 Å². The van der Waals surface area contributed by atoms with Crippen molar-refractivity contribution >= 4 is 21.7 Å². The van der Waals surface area contributed by atoms with E-state index in [9.17, 15) is 18.0 Å². The average molecular weight is 776 g/mol. The van der Waals surface area contributed by atoms with Crippen molar-refractivity contribution in [2.24, 2.45) is 0 Å². The monoisotopic (exact) mass is 774 g/mol. The molecule has 6 nitrogen and oxygen atoms in total. The second kappa shape index (κ2) is 18.1. The maximum absolute atomic E-state index is 14.5. The molecule has 6 rings (SSSR count). The molecule has 0 aliphatic carbocycles. The van der Waals surface area contributed by atoms with Crippen molar-refractivity contribution in [3.63, 3.8) is 0 Å². The molecule has 1 saturated heterocycles. The highest BCUT2D eigenvalue weighted by atomic mass is 79.9. The molecule has 1 aliphatic heterocycles. The fourth-order valence-electron chi connectivity index (χ4n) is 6.12. The van der Waals surface area contributed by atoms with Crippen LogP contribution in [0.5, 0.6) is 0 Å². The number of carbonyl (C=O) groups is 1. The minimum atomic E-state index is -4.81. The molecule has 0 unspecified atom stereocenters. The molecule has 0 spiro atoms. The van der Waals surface area contributed by atoms with Crippen molar-refractivity contribution in [3.05, 3.63) is 177 Å². The standard InChI is InChI=1S/C42H38BrF3O6/c43-33-21-22-34(35(23-33)42(44,45)46)37(47)39-41(51-27-32-19-11-4-12-20-32)40(50-26-31-17-9-3-10-18-31)38(49-25-30-15-7-2-8-16-30)36(52-39)28-48-24-29-13-5-1-6-14-29/h1-23,36,38-41H,24-28H2/t36-,38-,39-,40+,41-/m1/s1. The number of ether oxygens (including phenoxy) is 5. The Morgan fingerprint density at radius 1 is 0.596 bits per heavy atom. The summed E-state index contributed by atoms with van der Waals surface area (Å²) in [6, 6.07) is 41.3. The minimum Gasteiger partial charge on any atom is -0.374 e. The smallest absolute Gasteiger partial charge is 0.374 e. The van der Waals surface area contributed by atoms with Crippen LogP contribution in [0.1, 0.15) is 38.2 Å². The number of rotatable bonds is 15. The summed E-state index contributed by atoms with van der Waals surface area (Å²) in [7, 11) is 0. The molecular weight excluding hydrogens is 737 g/mol. The Hall–Kier alpha value is -4.16. The molecule has 52 heavy (non-hydrogen) atoms. The van der Waals surface area contributed by atoms with E-state index in [2.05, 4.69) is 15.9 Å². The molecule has 1 heterocycles. The number of benzene rings is 5. The van der Waals surface area contributed by atoms with Gasteiger partial charge in [0.2, 0.25) is 0 Å². The summed E-state index contributed by atoms with van der Waals surface area (Å²) in [6.45, 7) is 0.522. The lowest BCUT2D eigenvalue weighted by Gasteiger charge is -2.46. The predicted octanol–water partition coefficient (Wildman–Crippen LogP) is 9.39. The lowest BCUT2D eigenvalue weighted by Crippen LogP contribution is -2.63. The summed E-state index contributed by atoms with van der Waals surface area (Å²) in [5, 5.41) is 0. The number of ketones is 1. The molecule has 270 valence electrons. The highest BCUT2D eigenvalue weighted by Gasteiger charge is 2.52. The van der Waals surface area contributed by atoms with E-state index in [1.807, 2.05) is 121 Å². The topological polar surface area (TPSA) is 63.2 Å². The number of carbonyl (C=O) groups excluding carboxylic acids is 1. The molecule has 5 aromatic carbocycles. The number of halogens is 4. The summed E-state index contributed by atoms with van der Waals surface area (Å²) in [6.07, 6.45) is -10.2. The fraction of sp³-hybridized carbons (Fsp3) is 0.262. The number of alkyl halides is 3. The molecule has 0 amide bonds. The zero-order valence-electron chi connectivity index (χ0n) is 28.2. The molecule has 0 saturated carbocycles. The maximum atomic E-state index is 14.5. The lowest BCUT2D eigenvalue weighted by atomic mass is 9.88. The van der Waals surface area contributed by atoms with Crippen molar-refractivity contribution in [2.45, 2.75) is 63.1 Å². The molecular formula is C42H38BrF3O6. The maximum Gasteiger partial charge on any atom is 0.417 e. The van der Waals surface area contributed by atoms with Gasteiger partial charge in [-0.15, -0.1) is 0 Å². The number of hydrogen-bond acceptors (Lipinski definition) is 6. The molecule has 5 atom stereocenters. The molecule has 0 N–H and O–H groups in total.